The molecule has 0 atom stereocenters. The number of hydrogen-bond donors (Lipinski definition) is 0. The largest absolute Gasteiger partial charge is 0.0843 e. The number of fused-ring (bicyclic) bond motifs is 2. The molecule has 0 radical (unpaired) electrons. The zero-order valence-corrected chi connectivity index (χ0v) is 12.1. The van der Waals surface area contributed by atoms with E-state index in [9.17, 15) is 0 Å². The minimum Gasteiger partial charge on any atom is -0.0843 e. The van der Waals surface area contributed by atoms with Crippen molar-refractivity contribution in [3.8, 4) is 11.1 Å². The predicted molar refractivity (Wildman–Crippen MR) is 91.9 cm³/mol. The van der Waals surface area contributed by atoms with Gasteiger partial charge in [0.2, 0.25) is 0 Å². The first kappa shape index (κ1) is 12.4. The van der Waals surface area contributed by atoms with Gasteiger partial charge in [-0.3, -0.25) is 0 Å². The Bertz CT molecular complexity index is 949. The molecule has 4 aromatic carbocycles. The predicted octanol–water partition coefficient (Wildman–Crippen LogP) is 6.31. The molecule has 100 valence electrons. The first-order valence-electron chi connectivity index (χ1n) is 6.99. The maximum absolute atomic E-state index is 6.11. The lowest BCUT2D eigenvalue weighted by molar-refractivity contribution is 1.68. The molecule has 0 unspecified atom stereocenters. The lowest BCUT2D eigenvalue weighted by Crippen LogP contribution is -1.82. The van der Waals surface area contributed by atoms with E-state index in [-0.39, 0.29) is 0 Å². The Hall–Kier alpha value is -2.31. The second-order valence-electron chi connectivity index (χ2n) is 5.23. The highest BCUT2D eigenvalue weighted by Gasteiger charge is 2.04. The Balaban J connectivity index is 2.00. The summed E-state index contributed by atoms with van der Waals surface area (Å²) in [6.45, 7) is 0. The van der Waals surface area contributed by atoms with Crippen molar-refractivity contribution in [3.63, 3.8) is 0 Å². The Labute approximate surface area is 128 Å². The van der Waals surface area contributed by atoms with Crippen molar-refractivity contribution in [2.75, 3.05) is 0 Å². The van der Waals surface area contributed by atoms with E-state index in [0.29, 0.717) is 0 Å². The summed E-state index contributed by atoms with van der Waals surface area (Å²) in [7, 11) is 0. The monoisotopic (exact) mass is 288 g/mol. The van der Waals surface area contributed by atoms with Crippen LogP contribution in [-0.4, -0.2) is 0 Å². The maximum Gasteiger partial charge on any atom is 0.0412 e. The molecule has 0 amide bonds. The van der Waals surface area contributed by atoms with Crippen LogP contribution in [0.4, 0.5) is 0 Å². The van der Waals surface area contributed by atoms with E-state index in [1.54, 1.807) is 0 Å². The van der Waals surface area contributed by atoms with Gasteiger partial charge < -0.3 is 0 Å². The molecular formula is C20H13Cl. The number of halogens is 1. The van der Waals surface area contributed by atoms with E-state index < -0.39 is 0 Å². The van der Waals surface area contributed by atoms with Crippen LogP contribution < -0.4 is 0 Å². The van der Waals surface area contributed by atoms with Gasteiger partial charge in [-0.15, -0.1) is 0 Å². The Morgan fingerprint density at radius 3 is 2.33 bits per heavy atom. The molecule has 0 bridgehead atoms. The second kappa shape index (κ2) is 4.91. The maximum atomic E-state index is 6.11. The zero-order chi connectivity index (χ0) is 14.2. The first-order chi connectivity index (χ1) is 10.3. The van der Waals surface area contributed by atoms with Crippen LogP contribution in [0.2, 0.25) is 5.02 Å². The standard InChI is InChI=1S/C20H13Cl/c21-18-11-10-14-8-9-16(12-17(14)13-18)20-7-3-5-15-4-1-2-6-19(15)20/h1-13H. The summed E-state index contributed by atoms with van der Waals surface area (Å²) >= 11 is 6.11. The lowest BCUT2D eigenvalue weighted by atomic mass is 9.96. The van der Waals surface area contributed by atoms with Gasteiger partial charge in [-0.25, -0.2) is 0 Å². The van der Waals surface area contributed by atoms with Crippen molar-refractivity contribution >= 4 is 33.1 Å². The minimum atomic E-state index is 0.776. The van der Waals surface area contributed by atoms with Crippen molar-refractivity contribution in [3.05, 3.63) is 83.9 Å². The van der Waals surface area contributed by atoms with E-state index in [4.69, 9.17) is 11.6 Å². The molecule has 0 saturated heterocycles. The van der Waals surface area contributed by atoms with Gasteiger partial charge in [0.1, 0.15) is 0 Å². The fourth-order valence-electron chi connectivity index (χ4n) is 2.86. The Morgan fingerprint density at radius 2 is 1.38 bits per heavy atom. The molecule has 0 aliphatic heterocycles. The average Bonchev–Trinajstić information content (AvgIpc) is 2.53. The molecule has 21 heavy (non-hydrogen) atoms. The quantitative estimate of drug-likeness (QED) is 0.385. The van der Waals surface area contributed by atoms with E-state index >= 15 is 0 Å². The van der Waals surface area contributed by atoms with Gasteiger partial charge in [-0.05, 0) is 50.9 Å². The third-order valence-corrected chi connectivity index (χ3v) is 4.14. The molecule has 0 aliphatic carbocycles. The highest BCUT2D eigenvalue weighted by Crippen LogP contribution is 2.31. The number of hydrogen-bond acceptors (Lipinski definition) is 0. The molecule has 0 spiro atoms. The van der Waals surface area contributed by atoms with Gasteiger partial charge in [0.05, 0.1) is 0 Å². The fraction of sp³-hybridized carbons (Fsp3) is 0. The van der Waals surface area contributed by atoms with Crippen LogP contribution in [0.5, 0.6) is 0 Å². The molecule has 0 saturated carbocycles. The van der Waals surface area contributed by atoms with Gasteiger partial charge in [0, 0.05) is 5.02 Å². The van der Waals surface area contributed by atoms with Crippen LogP contribution in [0.3, 0.4) is 0 Å². The van der Waals surface area contributed by atoms with Crippen LogP contribution in [0.15, 0.2) is 78.9 Å². The summed E-state index contributed by atoms with van der Waals surface area (Å²) in [4.78, 5) is 0. The third kappa shape index (κ3) is 2.18. The lowest BCUT2D eigenvalue weighted by Gasteiger charge is -2.08. The topological polar surface area (TPSA) is 0 Å². The Morgan fingerprint density at radius 1 is 0.571 bits per heavy atom. The highest BCUT2D eigenvalue weighted by atomic mass is 35.5. The molecule has 1 heteroatoms. The van der Waals surface area contributed by atoms with Crippen molar-refractivity contribution in [2.24, 2.45) is 0 Å². The van der Waals surface area contributed by atoms with Crippen molar-refractivity contribution in [1.82, 2.24) is 0 Å². The zero-order valence-electron chi connectivity index (χ0n) is 11.4. The third-order valence-electron chi connectivity index (χ3n) is 3.90. The molecule has 0 heterocycles. The average molecular weight is 289 g/mol. The van der Waals surface area contributed by atoms with E-state index in [1.165, 1.54) is 32.7 Å². The molecule has 0 nitrogen and oxygen atoms in total. The summed E-state index contributed by atoms with van der Waals surface area (Å²) in [5.74, 6) is 0. The van der Waals surface area contributed by atoms with Gasteiger partial charge in [0.15, 0.2) is 0 Å². The highest BCUT2D eigenvalue weighted by molar-refractivity contribution is 6.31. The summed E-state index contributed by atoms with van der Waals surface area (Å²) in [5.41, 5.74) is 2.48. The van der Waals surface area contributed by atoms with E-state index in [2.05, 4.69) is 66.7 Å². The summed E-state index contributed by atoms with van der Waals surface area (Å²) in [5, 5.41) is 5.71. The first-order valence-corrected chi connectivity index (χ1v) is 7.36. The van der Waals surface area contributed by atoms with Gasteiger partial charge in [0.25, 0.3) is 0 Å². The molecule has 4 rings (SSSR count). The smallest absolute Gasteiger partial charge is 0.0412 e. The summed E-state index contributed by atoms with van der Waals surface area (Å²) in [6, 6.07) is 27.5. The van der Waals surface area contributed by atoms with Crippen LogP contribution in [0.1, 0.15) is 0 Å². The summed E-state index contributed by atoms with van der Waals surface area (Å²) < 4.78 is 0. The molecular weight excluding hydrogens is 276 g/mol. The van der Waals surface area contributed by atoms with Crippen molar-refractivity contribution < 1.29 is 0 Å². The van der Waals surface area contributed by atoms with Crippen molar-refractivity contribution in [1.29, 1.82) is 0 Å². The van der Waals surface area contributed by atoms with E-state index in [1.807, 2.05) is 12.1 Å². The molecule has 4 aromatic rings. The fourth-order valence-corrected chi connectivity index (χ4v) is 3.04. The number of rotatable bonds is 1. The van der Waals surface area contributed by atoms with E-state index in [0.717, 1.165) is 5.02 Å². The molecule has 0 aromatic heterocycles. The van der Waals surface area contributed by atoms with Crippen molar-refractivity contribution in [2.45, 2.75) is 0 Å². The van der Waals surface area contributed by atoms with Crippen LogP contribution in [0, 0.1) is 0 Å². The Kier molecular flexibility index (Phi) is 2.90. The number of benzene rings is 4. The minimum absolute atomic E-state index is 0.776. The van der Waals surface area contributed by atoms with Crippen LogP contribution in [-0.2, 0) is 0 Å². The second-order valence-corrected chi connectivity index (χ2v) is 5.67. The SMILES string of the molecule is Clc1ccc2ccc(-c3cccc4ccccc34)cc2c1. The molecule has 0 aliphatic rings. The van der Waals surface area contributed by atoms with Gasteiger partial charge >= 0.3 is 0 Å². The van der Waals surface area contributed by atoms with Crippen LogP contribution in [0.25, 0.3) is 32.7 Å². The van der Waals surface area contributed by atoms with Gasteiger partial charge in [-0.2, -0.15) is 0 Å². The normalized spacial score (nSPS) is 11.1. The molecule has 0 fully saturated rings. The van der Waals surface area contributed by atoms with Crippen LogP contribution >= 0.6 is 11.6 Å². The summed E-state index contributed by atoms with van der Waals surface area (Å²) in [6.07, 6.45) is 0. The molecule has 0 N–H and O–H groups in total. The van der Waals surface area contributed by atoms with Gasteiger partial charge in [-0.1, -0.05) is 72.3 Å².